The molecule has 2 N–H and O–H groups in total. The van der Waals surface area contributed by atoms with Crippen LogP contribution >= 0.6 is 0 Å². The van der Waals surface area contributed by atoms with Gasteiger partial charge in [0.1, 0.15) is 12.7 Å². The Morgan fingerprint density at radius 3 is 2.78 bits per heavy atom. The highest BCUT2D eigenvalue weighted by atomic mass is 16.6. The first-order valence-corrected chi connectivity index (χ1v) is 5.82. The van der Waals surface area contributed by atoms with E-state index >= 15 is 0 Å². The van der Waals surface area contributed by atoms with Crippen molar-refractivity contribution in [3.8, 4) is 0 Å². The molecule has 23 heavy (non-hydrogen) atoms. The van der Waals surface area contributed by atoms with Crippen molar-refractivity contribution in [2.24, 2.45) is 5.10 Å². The molecule has 2 aromatic heterocycles. The fourth-order valence-corrected chi connectivity index (χ4v) is 1.40. The normalized spacial score (nSPS) is 11.3. The van der Waals surface area contributed by atoms with Crippen molar-refractivity contribution in [2.45, 2.75) is 13.5 Å². The molecule has 0 radical (unpaired) electrons. The minimum absolute atomic E-state index is 0.0772. The molecular weight excluding hydrogens is 316 g/mol. The summed E-state index contributed by atoms with van der Waals surface area (Å²) in [6.07, 6.45) is 0.893. The molecule has 1 amide bonds. The van der Waals surface area contributed by atoms with Gasteiger partial charge in [0.05, 0.1) is 20.8 Å². The van der Waals surface area contributed by atoms with Crippen LogP contribution in [-0.2, 0) is 6.54 Å². The molecule has 0 aromatic carbocycles. The zero-order chi connectivity index (χ0) is 17.0. The number of aromatic nitrogens is 6. The van der Waals surface area contributed by atoms with Crippen LogP contribution in [-0.4, -0.2) is 51.9 Å². The van der Waals surface area contributed by atoms with Gasteiger partial charge in [-0.05, 0) is 11.8 Å². The molecule has 0 fully saturated rings. The maximum absolute atomic E-state index is 11.7. The molecule has 0 unspecified atom stereocenters. The van der Waals surface area contributed by atoms with Crippen LogP contribution in [0.2, 0.25) is 0 Å². The molecule has 0 bridgehead atoms. The summed E-state index contributed by atoms with van der Waals surface area (Å²) in [4.78, 5) is 32.2. The fraction of sp³-hybridized carbons (Fsp3) is 0.250. The SMILES string of the molecule is C/C(Cn1nnc([N+](=O)[O-])n1)=N\NC(=O)c1[nH]ncc1[N+](=O)[O-]. The number of aromatic amines is 1. The van der Waals surface area contributed by atoms with Gasteiger partial charge >= 0.3 is 11.6 Å². The van der Waals surface area contributed by atoms with Crippen LogP contribution in [0.5, 0.6) is 0 Å². The van der Waals surface area contributed by atoms with Crippen LogP contribution in [0.15, 0.2) is 11.3 Å². The number of rotatable bonds is 6. The number of hydrogen-bond acceptors (Lipinski definition) is 10. The average Bonchev–Trinajstić information content (AvgIpc) is 3.13. The molecule has 0 spiro atoms. The zero-order valence-corrected chi connectivity index (χ0v) is 11.4. The average molecular weight is 324 g/mol. The number of nitrogens with one attached hydrogen (secondary N) is 2. The van der Waals surface area contributed by atoms with Crippen molar-refractivity contribution in [2.75, 3.05) is 0 Å². The van der Waals surface area contributed by atoms with Crippen molar-refractivity contribution in [1.29, 1.82) is 0 Å². The summed E-state index contributed by atoms with van der Waals surface area (Å²) in [7, 11) is 0. The second kappa shape index (κ2) is 6.33. The Hall–Kier alpha value is -3.78. The number of amides is 1. The lowest BCUT2D eigenvalue weighted by Gasteiger charge is -1.99. The van der Waals surface area contributed by atoms with Gasteiger partial charge in [0.25, 0.3) is 5.91 Å². The van der Waals surface area contributed by atoms with Gasteiger partial charge in [-0.1, -0.05) is 4.80 Å². The minimum Gasteiger partial charge on any atom is -0.390 e. The Bertz CT molecular complexity index is 791. The highest BCUT2D eigenvalue weighted by Gasteiger charge is 2.22. The Morgan fingerprint density at radius 1 is 1.43 bits per heavy atom. The van der Waals surface area contributed by atoms with Gasteiger partial charge in [-0.3, -0.25) is 20.0 Å². The molecule has 0 saturated carbocycles. The number of nitrogens with zero attached hydrogens (tertiary/aromatic N) is 8. The van der Waals surface area contributed by atoms with Gasteiger partial charge in [0.2, 0.25) is 5.69 Å². The Morgan fingerprint density at radius 2 is 2.17 bits per heavy atom. The van der Waals surface area contributed by atoms with E-state index in [9.17, 15) is 25.0 Å². The summed E-state index contributed by atoms with van der Waals surface area (Å²) >= 11 is 0. The molecule has 0 aliphatic carbocycles. The third-order valence-corrected chi connectivity index (χ3v) is 2.37. The molecule has 0 atom stereocenters. The molecule has 0 saturated heterocycles. The Balaban J connectivity index is 2.01. The summed E-state index contributed by atoms with van der Waals surface area (Å²) in [5.74, 6) is -1.54. The number of carbonyl (C=O) groups excluding carboxylic acids is 1. The Labute approximate surface area is 125 Å². The number of nitro groups is 2. The van der Waals surface area contributed by atoms with E-state index in [1.165, 1.54) is 6.92 Å². The first-order valence-electron chi connectivity index (χ1n) is 5.82. The van der Waals surface area contributed by atoms with E-state index in [-0.39, 0.29) is 18.0 Å². The highest BCUT2D eigenvalue weighted by Crippen LogP contribution is 2.13. The fourth-order valence-electron chi connectivity index (χ4n) is 1.40. The smallest absolute Gasteiger partial charge is 0.390 e. The van der Waals surface area contributed by atoms with Crippen molar-refractivity contribution >= 4 is 23.3 Å². The lowest BCUT2D eigenvalue weighted by atomic mass is 10.3. The first kappa shape index (κ1) is 15.6. The number of tetrazole rings is 1. The largest absolute Gasteiger partial charge is 0.514 e. The van der Waals surface area contributed by atoms with Gasteiger partial charge in [-0.25, -0.2) is 5.43 Å². The van der Waals surface area contributed by atoms with Crippen LogP contribution in [0.25, 0.3) is 0 Å². The van der Waals surface area contributed by atoms with E-state index in [4.69, 9.17) is 0 Å². The van der Waals surface area contributed by atoms with E-state index in [1.807, 2.05) is 0 Å². The maximum atomic E-state index is 11.7. The quantitative estimate of drug-likeness (QED) is 0.380. The molecule has 15 heteroatoms. The van der Waals surface area contributed by atoms with E-state index < -0.39 is 27.4 Å². The maximum Gasteiger partial charge on any atom is 0.514 e. The summed E-state index contributed by atoms with van der Waals surface area (Å²) < 4.78 is 0. The van der Waals surface area contributed by atoms with E-state index in [0.717, 1.165) is 11.0 Å². The third-order valence-electron chi connectivity index (χ3n) is 2.37. The van der Waals surface area contributed by atoms with Crippen molar-refractivity contribution in [3.63, 3.8) is 0 Å². The monoisotopic (exact) mass is 324 g/mol. The van der Waals surface area contributed by atoms with Crippen LogP contribution in [0, 0.1) is 20.2 Å². The topological polar surface area (TPSA) is 200 Å². The van der Waals surface area contributed by atoms with Crippen LogP contribution < -0.4 is 5.43 Å². The predicted octanol–water partition coefficient (Wildman–Crippen LogP) is -0.981. The van der Waals surface area contributed by atoms with Crippen LogP contribution in [0.3, 0.4) is 0 Å². The van der Waals surface area contributed by atoms with Gasteiger partial charge < -0.3 is 10.1 Å². The summed E-state index contributed by atoms with van der Waals surface area (Å²) in [6.45, 7) is 1.41. The number of hydrazone groups is 1. The standard InChI is InChI=1S/C8H8N10O5/c1-4(3-16-14-8(13-15-16)18(22)23)10-12-7(19)6-5(17(20)21)2-9-11-6/h2H,3H2,1H3,(H,9,11)(H,12,19)/b10-4+. The van der Waals surface area contributed by atoms with Crippen LogP contribution in [0.1, 0.15) is 17.4 Å². The molecule has 0 aliphatic rings. The predicted molar refractivity (Wildman–Crippen MR) is 70.3 cm³/mol. The summed E-state index contributed by atoms with van der Waals surface area (Å²) in [5.41, 5.74) is 1.49. The van der Waals surface area contributed by atoms with Crippen LogP contribution in [0.4, 0.5) is 11.6 Å². The van der Waals surface area contributed by atoms with Gasteiger partial charge in [-0.2, -0.15) is 10.2 Å². The molecule has 2 heterocycles. The second-order valence-corrected chi connectivity index (χ2v) is 4.05. The summed E-state index contributed by atoms with van der Waals surface area (Å²) in [6, 6.07) is 0. The molecule has 2 aromatic rings. The van der Waals surface area contributed by atoms with Gasteiger partial charge in [0.15, 0.2) is 0 Å². The molecule has 0 aliphatic heterocycles. The van der Waals surface area contributed by atoms with E-state index in [0.29, 0.717) is 0 Å². The first-order chi connectivity index (χ1) is 10.9. The van der Waals surface area contributed by atoms with Crippen molar-refractivity contribution < 1.29 is 14.6 Å². The Kier molecular flexibility index (Phi) is 4.29. The van der Waals surface area contributed by atoms with Gasteiger partial charge in [0, 0.05) is 5.21 Å². The lowest BCUT2D eigenvalue weighted by molar-refractivity contribution is -0.394. The molecular formula is C8H8N10O5. The number of carbonyl (C=O) groups is 1. The second-order valence-electron chi connectivity index (χ2n) is 4.05. The number of hydrogen-bond donors (Lipinski definition) is 2. The minimum atomic E-state index is -0.869. The van der Waals surface area contributed by atoms with Gasteiger partial charge in [-0.15, -0.1) is 0 Å². The molecule has 2 rings (SSSR count). The lowest BCUT2D eigenvalue weighted by Crippen LogP contribution is -2.22. The highest BCUT2D eigenvalue weighted by molar-refractivity contribution is 5.96. The summed E-state index contributed by atoms with van der Waals surface area (Å²) in [5, 5.41) is 40.4. The van der Waals surface area contributed by atoms with E-state index in [1.54, 1.807) is 0 Å². The molecule has 15 nitrogen and oxygen atoms in total. The van der Waals surface area contributed by atoms with Crippen molar-refractivity contribution in [3.05, 3.63) is 32.1 Å². The molecule has 120 valence electrons. The van der Waals surface area contributed by atoms with Crippen molar-refractivity contribution in [1.82, 2.24) is 35.8 Å². The number of H-pyrrole nitrogens is 1. The van der Waals surface area contributed by atoms with E-state index in [2.05, 4.69) is 36.1 Å². The zero-order valence-electron chi connectivity index (χ0n) is 11.4. The third kappa shape index (κ3) is 3.65.